The Morgan fingerprint density at radius 2 is 1.85 bits per heavy atom. The van der Waals surface area contributed by atoms with Gasteiger partial charge < -0.3 is 14.6 Å². The van der Waals surface area contributed by atoms with Crippen LogP contribution in [0.1, 0.15) is 29.8 Å². The van der Waals surface area contributed by atoms with Gasteiger partial charge in [0.25, 0.3) is 0 Å². The number of halogens is 3. The molecule has 0 spiro atoms. The van der Waals surface area contributed by atoms with E-state index in [2.05, 4.69) is 4.74 Å². The summed E-state index contributed by atoms with van der Waals surface area (Å²) in [5.41, 5.74) is -1.53. The Bertz CT molecular complexity index is 555. The minimum Gasteiger partial charge on any atom is -0.544 e. The molecule has 20 heavy (non-hydrogen) atoms. The highest BCUT2D eigenvalue weighted by Gasteiger charge is 2.51. The van der Waals surface area contributed by atoms with Crippen LogP contribution in [0.3, 0.4) is 0 Å². The molecule has 0 N–H and O–H groups in total. The van der Waals surface area contributed by atoms with E-state index in [1.807, 2.05) is 29.5 Å². The molecule has 1 rings (SSSR count). The summed E-state index contributed by atoms with van der Waals surface area (Å²) in [6.07, 6.45) is 0. The summed E-state index contributed by atoms with van der Waals surface area (Å²) in [5.74, 6) is -7.90. The molecule has 0 amide bonds. The van der Waals surface area contributed by atoms with E-state index in [1.54, 1.807) is 6.07 Å². The highest BCUT2D eigenvalue weighted by molar-refractivity contribution is 14.1. The zero-order valence-electron chi connectivity index (χ0n) is 11.0. The number of hydrogen-bond acceptors (Lipinski definition) is 4. The van der Waals surface area contributed by atoms with Crippen LogP contribution in [0, 0.1) is 10.5 Å². The van der Waals surface area contributed by atoms with Gasteiger partial charge in [-0.15, -0.1) is 0 Å². The molecule has 1 aromatic carbocycles. The number of carbonyl (C=O) groups excluding carboxylic acids is 2. The maximum atomic E-state index is 13.4. The first kappa shape index (κ1) is 16.8. The van der Waals surface area contributed by atoms with Gasteiger partial charge in [-0.2, -0.15) is 8.78 Å². The minimum atomic E-state index is -4.29. The van der Waals surface area contributed by atoms with E-state index in [1.165, 1.54) is 12.1 Å². The largest absolute Gasteiger partial charge is 0.544 e. The Balaban J connectivity index is 3.00. The smallest absolute Gasteiger partial charge is 0.338 e. The second-order valence-corrected chi connectivity index (χ2v) is 5.89. The van der Waals surface area contributed by atoms with Crippen molar-refractivity contribution in [3.63, 3.8) is 0 Å². The molecule has 7 heteroatoms. The third kappa shape index (κ3) is 3.25. The van der Waals surface area contributed by atoms with Crippen molar-refractivity contribution in [2.75, 3.05) is 0 Å². The van der Waals surface area contributed by atoms with Gasteiger partial charge in [0.05, 0.1) is 5.56 Å². The number of carboxylic acids is 1. The molecule has 0 saturated carbocycles. The summed E-state index contributed by atoms with van der Waals surface area (Å²) in [5, 5.41) is 10.4. The number of aryl methyl sites for hydroxylation is 1. The third-order valence-corrected chi connectivity index (χ3v) is 3.93. The van der Waals surface area contributed by atoms with Crippen LogP contribution in [0.25, 0.3) is 0 Å². The predicted octanol–water partition coefficient (Wildman–Crippen LogP) is 1.92. The van der Waals surface area contributed by atoms with Gasteiger partial charge in [-0.1, -0.05) is 6.07 Å². The van der Waals surface area contributed by atoms with E-state index in [0.717, 1.165) is 23.0 Å². The highest BCUT2D eigenvalue weighted by atomic mass is 127. The van der Waals surface area contributed by atoms with E-state index < -0.39 is 23.5 Å². The normalized spacial score (nSPS) is 12.1. The molecule has 0 aromatic heterocycles. The molecule has 0 aliphatic rings. The standard InChI is InChI=1S/C13H13F2IO4/c1-7-4-5-8(6-9(7)16)10(17)20-12(2,3)13(14,15)11(18)19/h4-6H,1-3H3,(H,18,19)/p-1. The van der Waals surface area contributed by atoms with Crippen LogP contribution < -0.4 is 5.11 Å². The number of ether oxygens (including phenoxy) is 1. The monoisotopic (exact) mass is 397 g/mol. The van der Waals surface area contributed by atoms with E-state index in [-0.39, 0.29) is 5.56 Å². The molecule has 0 unspecified atom stereocenters. The van der Waals surface area contributed by atoms with Crippen molar-refractivity contribution in [1.82, 2.24) is 0 Å². The molecule has 110 valence electrons. The first-order chi connectivity index (χ1) is 8.99. The van der Waals surface area contributed by atoms with E-state index in [4.69, 9.17) is 0 Å². The van der Waals surface area contributed by atoms with Gasteiger partial charge >= 0.3 is 11.9 Å². The second-order valence-electron chi connectivity index (χ2n) is 4.73. The molecule has 0 radical (unpaired) electrons. The Morgan fingerprint density at radius 1 is 1.30 bits per heavy atom. The van der Waals surface area contributed by atoms with Crippen molar-refractivity contribution in [1.29, 1.82) is 0 Å². The number of carbonyl (C=O) groups is 2. The molecule has 0 heterocycles. The summed E-state index contributed by atoms with van der Waals surface area (Å²) >= 11 is 1.99. The van der Waals surface area contributed by atoms with Crippen LogP contribution in [0.2, 0.25) is 0 Å². The van der Waals surface area contributed by atoms with Gasteiger partial charge in [-0.05, 0) is 61.1 Å². The molecule has 0 bridgehead atoms. The first-order valence-corrected chi connectivity index (χ1v) is 6.65. The summed E-state index contributed by atoms with van der Waals surface area (Å²) in [7, 11) is 0. The van der Waals surface area contributed by atoms with Gasteiger partial charge in [-0.3, -0.25) is 0 Å². The van der Waals surface area contributed by atoms with E-state index in [9.17, 15) is 23.5 Å². The molecule has 0 saturated heterocycles. The van der Waals surface area contributed by atoms with Crippen molar-refractivity contribution in [2.45, 2.75) is 32.3 Å². The Hall–Kier alpha value is -1.25. The van der Waals surface area contributed by atoms with Gasteiger partial charge in [-0.25, -0.2) is 4.79 Å². The van der Waals surface area contributed by atoms with E-state index >= 15 is 0 Å². The zero-order valence-corrected chi connectivity index (χ0v) is 13.2. The van der Waals surface area contributed by atoms with Crippen molar-refractivity contribution < 1.29 is 28.2 Å². The maximum Gasteiger partial charge on any atom is 0.338 e. The molecule has 0 fully saturated rings. The predicted molar refractivity (Wildman–Crippen MR) is 73.3 cm³/mol. The Kier molecular flexibility index (Phi) is 4.73. The van der Waals surface area contributed by atoms with Crippen LogP contribution >= 0.6 is 22.6 Å². The molecule has 0 aliphatic heterocycles. The number of carboxylic acid groups (broad SMARTS) is 1. The van der Waals surface area contributed by atoms with Gasteiger partial charge in [0.2, 0.25) is 0 Å². The van der Waals surface area contributed by atoms with Crippen molar-refractivity contribution >= 4 is 34.5 Å². The lowest BCUT2D eigenvalue weighted by Crippen LogP contribution is -2.57. The lowest BCUT2D eigenvalue weighted by atomic mass is 10.0. The minimum absolute atomic E-state index is 0.0715. The Morgan fingerprint density at radius 3 is 2.30 bits per heavy atom. The quantitative estimate of drug-likeness (QED) is 0.576. The fourth-order valence-electron chi connectivity index (χ4n) is 1.32. The molecular weight excluding hydrogens is 385 g/mol. The number of benzene rings is 1. The fourth-order valence-corrected chi connectivity index (χ4v) is 1.84. The molecule has 4 nitrogen and oxygen atoms in total. The third-order valence-electron chi connectivity index (χ3n) is 2.77. The van der Waals surface area contributed by atoms with Crippen LogP contribution in [0.4, 0.5) is 8.78 Å². The average molecular weight is 397 g/mol. The zero-order chi connectivity index (χ0) is 15.7. The molecular formula is C13H12F2IO4-. The summed E-state index contributed by atoms with van der Waals surface area (Å²) in [6, 6.07) is 4.54. The SMILES string of the molecule is Cc1ccc(C(=O)OC(C)(C)C(F)(F)C(=O)[O-])cc1I. The van der Waals surface area contributed by atoms with Crippen molar-refractivity contribution in [3.8, 4) is 0 Å². The number of esters is 1. The number of alkyl halides is 2. The summed E-state index contributed by atoms with van der Waals surface area (Å²) in [6.45, 7) is 3.46. The summed E-state index contributed by atoms with van der Waals surface area (Å²) < 4.78 is 32.2. The van der Waals surface area contributed by atoms with Crippen LogP contribution in [-0.4, -0.2) is 23.5 Å². The average Bonchev–Trinajstić information content (AvgIpc) is 2.31. The maximum absolute atomic E-state index is 13.4. The van der Waals surface area contributed by atoms with Gasteiger partial charge in [0.15, 0.2) is 5.60 Å². The van der Waals surface area contributed by atoms with Gasteiger partial charge in [0.1, 0.15) is 5.97 Å². The van der Waals surface area contributed by atoms with Crippen molar-refractivity contribution in [3.05, 3.63) is 32.9 Å². The van der Waals surface area contributed by atoms with Crippen LogP contribution in [0.15, 0.2) is 18.2 Å². The van der Waals surface area contributed by atoms with Gasteiger partial charge in [0, 0.05) is 3.57 Å². The van der Waals surface area contributed by atoms with Crippen LogP contribution in [0.5, 0.6) is 0 Å². The molecule has 0 atom stereocenters. The topological polar surface area (TPSA) is 66.4 Å². The van der Waals surface area contributed by atoms with E-state index in [0.29, 0.717) is 0 Å². The lowest BCUT2D eigenvalue weighted by molar-refractivity contribution is -0.341. The summed E-state index contributed by atoms with van der Waals surface area (Å²) in [4.78, 5) is 22.3. The molecule has 0 aliphatic carbocycles. The number of aliphatic carboxylic acids is 1. The first-order valence-electron chi connectivity index (χ1n) is 5.58. The fraction of sp³-hybridized carbons (Fsp3) is 0.385. The number of rotatable bonds is 4. The molecule has 1 aromatic rings. The Labute approximate surface area is 128 Å². The second kappa shape index (κ2) is 5.63. The van der Waals surface area contributed by atoms with Crippen molar-refractivity contribution in [2.24, 2.45) is 0 Å². The lowest BCUT2D eigenvalue weighted by Gasteiger charge is -2.33. The number of hydrogen-bond donors (Lipinski definition) is 0. The highest BCUT2D eigenvalue weighted by Crippen LogP contribution is 2.32. The van der Waals surface area contributed by atoms with Crippen LogP contribution in [-0.2, 0) is 9.53 Å².